The number of amides is 1. The summed E-state index contributed by atoms with van der Waals surface area (Å²) in [5, 5.41) is 8.23. The number of benzene rings is 1. The smallest absolute Gasteiger partial charge is 0.242 e. The second-order valence-electron chi connectivity index (χ2n) is 7.60. The number of anilines is 1. The van der Waals surface area contributed by atoms with Crippen LogP contribution in [0.3, 0.4) is 0 Å². The van der Waals surface area contributed by atoms with Crippen molar-refractivity contribution >= 4 is 22.8 Å². The van der Waals surface area contributed by atoms with Crippen LogP contribution in [0.1, 0.15) is 31.2 Å². The highest BCUT2D eigenvalue weighted by atomic mass is 16.7. The fraction of sp³-hybridized carbons (Fsp3) is 0.429. The van der Waals surface area contributed by atoms with Gasteiger partial charge in [-0.2, -0.15) is 5.10 Å². The van der Waals surface area contributed by atoms with Gasteiger partial charge in [0, 0.05) is 19.6 Å². The standard InChI is InChI=1S/C21H24N6O3/c28-19(22-10-15-5-6-17-18(9-15)30-14-29-17)12-27-21-16(11-25-27)20(23-13-24-21)26-7-3-1-2-4-8-26/h5-6,9,11,13H,1-4,7-8,10,12,14H2,(H,22,28). The molecule has 0 unspecified atom stereocenters. The molecule has 1 amide bonds. The van der Waals surface area contributed by atoms with E-state index in [9.17, 15) is 4.79 Å². The van der Waals surface area contributed by atoms with Crippen LogP contribution in [0.25, 0.3) is 11.0 Å². The summed E-state index contributed by atoms with van der Waals surface area (Å²) in [6.07, 6.45) is 8.18. The van der Waals surface area contributed by atoms with Crippen LogP contribution in [-0.4, -0.2) is 45.5 Å². The van der Waals surface area contributed by atoms with Crippen molar-refractivity contribution in [1.29, 1.82) is 0 Å². The zero-order valence-electron chi connectivity index (χ0n) is 16.7. The summed E-state index contributed by atoms with van der Waals surface area (Å²) in [5.41, 5.74) is 1.63. The predicted molar refractivity (Wildman–Crippen MR) is 110 cm³/mol. The minimum Gasteiger partial charge on any atom is -0.454 e. The molecule has 2 aliphatic rings. The molecule has 0 bridgehead atoms. The SMILES string of the molecule is O=C(Cn1ncc2c(N3CCCCCC3)ncnc21)NCc1ccc2c(c1)OCO2. The van der Waals surface area contributed by atoms with E-state index < -0.39 is 0 Å². The second-order valence-corrected chi connectivity index (χ2v) is 7.60. The van der Waals surface area contributed by atoms with Crippen molar-refractivity contribution in [2.45, 2.75) is 38.8 Å². The number of hydrogen-bond donors (Lipinski definition) is 1. The Balaban J connectivity index is 1.27. The van der Waals surface area contributed by atoms with Crippen LogP contribution in [0, 0.1) is 0 Å². The number of carbonyl (C=O) groups excluding carboxylic acids is 1. The number of fused-ring (bicyclic) bond motifs is 2. The number of nitrogens with one attached hydrogen (secondary N) is 1. The highest BCUT2D eigenvalue weighted by Crippen LogP contribution is 2.32. The van der Waals surface area contributed by atoms with Gasteiger partial charge in [0.15, 0.2) is 17.1 Å². The topological polar surface area (TPSA) is 94.4 Å². The summed E-state index contributed by atoms with van der Waals surface area (Å²) < 4.78 is 12.3. The van der Waals surface area contributed by atoms with E-state index in [0.717, 1.165) is 35.6 Å². The third kappa shape index (κ3) is 3.74. The van der Waals surface area contributed by atoms with Crippen LogP contribution in [-0.2, 0) is 17.9 Å². The van der Waals surface area contributed by atoms with E-state index >= 15 is 0 Å². The molecule has 1 saturated heterocycles. The van der Waals surface area contributed by atoms with Crippen LogP contribution >= 0.6 is 0 Å². The van der Waals surface area contributed by atoms with E-state index in [1.54, 1.807) is 17.2 Å². The first-order valence-corrected chi connectivity index (χ1v) is 10.3. The first-order chi connectivity index (χ1) is 14.8. The van der Waals surface area contributed by atoms with Crippen molar-refractivity contribution in [2.24, 2.45) is 0 Å². The number of aromatic nitrogens is 4. The van der Waals surface area contributed by atoms with Crippen LogP contribution in [0.5, 0.6) is 11.5 Å². The number of ether oxygens (including phenoxy) is 2. The van der Waals surface area contributed by atoms with Gasteiger partial charge >= 0.3 is 0 Å². The zero-order chi connectivity index (χ0) is 20.3. The highest BCUT2D eigenvalue weighted by molar-refractivity contribution is 5.87. The molecule has 156 valence electrons. The van der Waals surface area contributed by atoms with E-state index in [2.05, 4.69) is 25.3 Å². The molecule has 1 aromatic carbocycles. The summed E-state index contributed by atoms with van der Waals surface area (Å²) in [4.78, 5) is 23.7. The van der Waals surface area contributed by atoms with Crippen molar-refractivity contribution < 1.29 is 14.3 Å². The molecule has 1 fully saturated rings. The van der Waals surface area contributed by atoms with Crippen molar-refractivity contribution in [3.05, 3.63) is 36.3 Å². The Morgan fingerprint density at radius 3 is 2.77 bits per heavy atom. The fourth-order valence-corrected chi connectivity index (χ4v) is 3.97. The largest absolute Gasteiger partial charge is 0.454 e. The molecular weight excluding hydrogens is 384 g/mol. The summed E-state index contributed by atoms with van der Waals surface area (Å²) in [7, 11) is 0. The monoisotopic (exact) mass is 408 g/mol. The van der Waals surface area contributed by atoms with Crippen LogP contribution < -0.4 is 19.7 Å². The molecule has 0 radical (unpaired) electrons. The molecule has 4 heterocycles. The van der Waals surface area contributed by atoms with Gasteiger partial charge in [0.05, 0.1) is 11.6 Å². The molecule has 5 rings (SSSR count). The minimum absolute atomic E-state index is 0.102. The molecule has 1 N–H and O–H groups in total. The molecule has 2 aromatic heterocycles. The van der Waals surface area contributed by atoms with E-state index in [0.29, 0.717) is 17.9 Å². The van der Waals surface area contributed by atoms with Gasteiger partial charge in [-0.05, 0) is 30.5 Å². The maximum Gasteiger partial charge on any atom is 0.242 e. The number of nitrogens with zero attached hydrogens (tertiary/aromatic N) is 5. The Labute approximate surface area is 174 Å². The van der Waals surface area contributed by atoms with Crippen molar-refractivity contribution in [2.75, 3.05) is 24.8 Å². The van der Waals surface area contributed by atoms with Gasteiger partial charge in [-0.1, -0.05) is 18.9 Å². The van der Waals surface area contributed by atoms with Crippen molar-refractivity contribution in [3.63, 3.8) is 0 Å². The maximum atomic E-state index is 12.5. The number of rotatable bonds is 5. The van der Waals surface area contributed by atoms with Crippen molar-refractivity contribution in [1.82, 2.24) is 25.1 Å². The quantitative estimate of drug-likeness (QED) is 0.692. The first kappa shape index (κ1) is 18.7. The van der Waals surface area contributed by atoms with Crippen LogP contribution in [0.15, 0.2) is 30.7 Å². The molecule has 9 heteroatoms. The van der Waals surface area contributed by atoms with Gasteiger partial charge in [0.1, 0.15) is 18.7 Å². The maximum absolute atomic E-state index is 12.5. The Hall–Kier alpha value is -3.36. The molecule has 30 heavy (non-hydrogen) atoms. The summed E-state index contributed by atoms with van der Waals surface area (Å²) in [6, 6.07) is 5.65. The highest BCUT2D eigenvalue weighted by Gasteiger charge is 2.18. The molecule has 0 atom stereocenters. The molecule has 3 aromatic rings. The Morgan fingerprint density at radius 1 is 1.07 bits per heavy atom. The van der Waals surface area contributed by atoms with Gasteiger partial charge in [-0.3, -0.25) is 4.79 Å². The van der Waals surface area contributed by atoms with E-state index in [1.165, 1.54) is 25.7 Å². The van der Waals surface area contributed by atoms with E-state index in [-0.39, 0.29) is 19.2 Å². The minimum atomic E-state index is -0.132. The van der Waals surface area contributed by atoms with E-state index in [1.807, 2.05) is 18.2 Å². The van der Waals surface area contributed by atoms with Gasteiger partial charge in [-0.25, -0.2) is 14.6 Å². The molecule has 9 nitrogen and oxygen atoms in total. The lowest BCUT2D eigenvalue weighted by atomic mass is 10.2. The summed E-state index contributed by atoms with van der Waals surface area (Å²) in [6.45, 7) is 2.73. The fourth-order valence-electron chi connectivity index (χ4n) is 3.97. The van der Waals surface area contributed by atoms with Gasteiger partial charge in [-0.15, -0.1) is 0 Å². The van der Waals surface area contributed by atoms with E-state index in [4.69, 9.17) is 9.47 Å². The molecular formula is C21H24N6O3. The lowest BCUT2D eigenvalue weighted by Gasteiger charge is -2.21. The Morgan fingerprint density at radius 2 is 1.90 bits per heavy atom. The molecule has 0 saturated carbocycles. The lowest BCUT2D eigenvalue weighted by Crippen LogP contribution is -2.27. The third-order valence-corrected chi connectivity index (χ3v) is 5.54. The summed E-state index contributed by atoms with van der Waals surface area (Å²) >= 11 is 0. The average molecular weight is 408 g/mol. The molecule has 0 aliphatic carbocycles. The number of carbonyl (C=O) groups is 1. The lowest BCUT2D eigenvalue weighted by molar-refractivity contribution is -0.121. The third-order valence-electron chi connectivity index (χ3n) is 5.54. The summed E-state index contributed by atoms with van der Waals surface area (Å²) in [5.74, 6) is 2.21. The average Bonchev–Trinajstić information content (AvgIpc) is 3.30. The van der Waals surface area contributed by atoms with Gasteiger partial charge in [0.25, 0.3) is 0 Å². The Kier molecular flexibility index (Phi) is 5.08. The van der Waals surface area contributed by atoms with Crippen LogP contribution in [0.4, 0.5) is 5.82 Å². The first-order valence-electron chi connectivity index (χ1n) is 10.3. The predicted octanol–water partition coefficient (Wildman–Crippen LogP) is 2.25. The second kappa shape index (κ2) is 8.17. The zero-order valence-corrected chi connectivity index (χ0v) is 16.7. The van der Waals surface area contributed by atoms with Crippen LogP contribution in [0.2, 0.25) is 0 Å². The van der Waals surface area contributed by atoms with Gasteiger partial charge in [0.2, 0.25) is 12.7 Å². The molecule has 2 aliphatic heterocycles. The number of hydrogen-bond acceptors (Lipinski definition) is 7. The van der Waals surface area contributed by atoms with Gasteiger partial charge < -0.3 is 19.7 Å². The molecule has 0 spiro atoms. The Bertz CT molecular complexity index is 1060. The van der Waals surface area contributed by atoms with Crippen molar-refractivity contribution in [3.8, 4) is 11.5 Å². The normalized spacial score (nSPS) is 15.9.